The SMILES string of the molecule is CC(C)Cc1cc2nccc(C(=O)O)n2n1. The van der Waals surface area contributed by atoms with Crippen molar-refractivity contribution >= 4 is 11.6 Å². The summed E-state index contributed by atoms with van der Waals surface area (Å²) in [4.78, 5) is 15.0. The maximum Gasteiger partial charge on any atom is 0.354 e. The molecule has 2 aromatic heterocycles. The van der Waals surface area contributed by atoms with Crippen LogP contribution >= 0.6 is 0 Å². The van der Waals surface area contributed by atoms with Crippen molar-refractivity contribution in [3.63, 3.8) is 0 Å². The molecule has 0 saturated heterocycles. The fourth-order valence-corrected chi connectivity index (χ4v) is 1.62. The first-order valence-corrected chi connectivity index (χ1v) is 5.15. The fraction of sp³-hybridized carbons (Fsp3) is 0.364. The van der Waals surface area contributed by atoms with Crippen LogP contribution < -0.4 is 0 Å². The predicted octanol–water partition coefficient (Wildman–Crippen LogP) is 1.63. The highest BCUT2D eigenvalue weighted by Gasteiger charge is 2.11. The number of aromatic nitrogens is 3. The van der Waals surface area contributed by atoms with Gasteiger partial charge >= 0.3 is 5.97 Å². The molecule has 0 atom stereocenters. The van der Waals surface area contributed by atoms with E-state index in [0.29, 0.717) is 11.6 Å². The number of carboxylic acids is 1. The summed E-state index contributed by atoms with van der Waals surface area (Å²) in [5.41, 5.74) is 1.59. The fourth-order valence-electron chi connectivity index (χ4n) is 1.62. The van der Waals surface area contributed by atoms with Crippen LogP contribution in [0.4, 0.5) is 0 Å². The molecule has 0 aliphatic carbocycles. The molecule has 5 nitrogen and oxygen atoms in total. The molecule has 0 aliphatic rings. The van der Waals surface area contributed by atoms with Crippen LogP contribution in [0, 0.1) is 5.92 Å². The highest BCUT2D eigenvalue weighted by atomic mass is 16.4. The lowest BCUT2D eigenvalue weighted by molar-refractivity contribution is 0.0687. The standard InChI is InChI=1S/C11H13N3O2/c1-7(2)5-8-6-10-12-4-3-9(11(15)16)14(10)13-8/h3-4,6-7H,5H2,1-2H3,(H,15,16). The smallest absolute Gasteiger partial charge is 0.354 e. The molecule has 1 N–H and O–H groups in total. The second-order valence-electron chi connectivity index (χ2n) is 4.14. The third-order valence-corrected chi connectivity index (χ3v) is 2.25. The van der Waals surface area contributed by atoms with Crippen LogP contribution in [0.2, 0.25) is 0 Å². The van der Waals surface area contributed by atoms with Gasteiger partial charge < -0.3 is 5.11 Å². The summed E-state index contributed by atoms with van der Waals surface area (Å²) in [5, 5.41) is 13.2. The van der Waals surface area contributed by atoms with Crippen LogP contribution in [0.1, 0.15) is 30.0 Å². The van der Waals surface area contributed by atoms with Crippen LogP contribution in [-0.4, -0.2) is 25.7 Å². The number of carboxylic acid groups (broad SMARTS) is 1. The molecule has 0 aliphatic heterocycles. The monoisotopic (exact) mass is 219 g/mol. The van der Waals surface area contributed by atoms with Crippen LogP contribution in [0.5, 0.6) is 0 Å². The Morgan fingerprint density at radius 1 is 1.56 bits per heavy atom. The molecule has 2 aromatic rings. The summed E-state index contributed by atoms with van der Waals surface area (Å²) >= 11 is 0. The Morgan fingerprint density at radius 3 is 2.94 bits per heavy atom. The van der Waals surface area contributed by atoms with E-state index in [1.165, 1.54) is 16.8 Å². The van der Waals surface area contributed by atoms with Crippen LogP contribution in [-0.2, 0) is 6.42 Å². The number of hydrogen-bond acceptors (Lipinski definition) is 3. The van der Waals surface area contributed by atoms with E-state index in [9.17, 15) is 4.79 Å². The first kappa shape index (κ1) is 10.6. The Kier molecular flexibility index (Phi) is 2.60. The highest BCUT2D eigenvalue weighted by molar-refractivity contribution is 5.86. The number of hydrogen-bond donors (Lipinski definition) is 1. The third-order valence-electron chi connectivity index (χ3n) is 2.25. The average molecular weight is 219 g/mol. The molecular formula is C11H13N3O2. The molecule has 0 amide bonds. The normalized spacial score (nSPS) is 11.2. The van der Waals surface area contributed by atoms with Crippen molar-refractivity contribution in [2.24, 2.45) is 5.92 Å². The van der Waals surface area contributed by atoms with Crippen LogP contribution in [0.15, 0.2) is 18.3 Å². The number of fused-ring (bicyclic) bond motifs is 1. The van der Waals surface area contributed by atoms with Crippen molar-refractivity contribution in [3.8, 4) is 0 Å². The van der Waals surface area contributed by atoms with E-state index >= 15 is 0 Å². The zero-order valence-corrected chi connectivity index (χ0v) is 9.21. The molecule has 0 fully saturated rings. The van der Waals surface area contributed by atoms with Crippen molar-refractivity contribution in [2.75, 3.05) is 0 Å². The lowest BCUT2D eigenvalue weighted by atomic mass is 10.1. The van der Waals surface area contributed by atoms with Gasteiger partial charge in [0.1, 0.15) is 0 Å². The van der Waals surface area contributed by atoms with E-state index < -0.39 is 5.97 Å². The van der Waals surface area contributed by atoms with Gasteiger partial charge in [0, 0.05) is 12.3 Å². The van der Waals surface area contributed by atoms with Gasteiger partial charge in [-0.15, -0.1) is 0 Å². The Balaban J connectivity index is 2.52. The molecule has 0 radical (unpaired) electrons. The molecule has 2 heterocycles. The molecule has 0 saturated carbocycles. The molecule has 16 heavy (non-hydrogen) atoms. The van der Waals surface area contributed by atoms with Gasteiger partial charge in [-0.1, -0.05) is 13.8 Å². The van der Waals surface area contributed by atoms with Gasteiger partial charge in [-0.3, -0.25) is 0 Å². The van der Waals surface area contributed by atoms with E-state index in [1.807, 2.05) is 6.07 Å². The minimum atomic E-state index is -0.994. The third kappa shape index (κ3) is 1.88. The van der Waals surface area contributed by atoms with Crippen molar-refractivity contribution < 1.29 is 9.90 Å². The highest BCUT2D eigenvalue weighted by Crippen LogP contribution is 2.10. The molecule has 2 rings (SSSR count). The maximum atomic E-state index is 11.0. The minimum Gasteiger partial charge on any atom is -0.477 e. The molecular weight excluding hydrogens is 206 g/mol. The Labute approximate surface area is 92.7 Å². The second-order valence-corrected chi connectivity index (χ2v) is 4.14. The van der Waals surface area contributed by atoms with Gasteiger partial charge in [0.05, 0.1) is 5.69 Å². The lowest BCUT2D eigenvalue weighted by Gasteiger charge is -1.99. The van der Waals surface area contributed by atoms with Gasteiger partial charge in [0.15, 0.2) is 11.3 Å². The predicted molar refractivity (Wildman–Crippen MR) is 58.5 cm³/mol. The van der Waals surface area contributed by atoms with E-state index in [-0.39, 0.29) is 5.69 Å². The Bertz CT molecular complexity index is 531. The van der Waals surface area contributed by atoms with Gasteiger partial charge in [-0.05, 0) is 18.4 Å². The maximum absolute atomic E-state index is 11.0. The summed E-state index contributed by atoms with van der Waals surface area (Å²) in [5.74, 6) is -0.509. The van der Waals surface area contributed by atoms with Crippen molar-refractivity contribution in [1.82, 2.24) is 14.6 Å². The number of carbonyl (C=O) groups is 1. The van der Waals surface area contributed by atoms with Gasteiger partial charge in [0.2, 0.25) is 0 Å². The first-order valence-electron chi connectivity index (χ1n) is 5.15. The summed E-state index contributed by atoms with van der Waals surface area (Å²) < 4.78 is 1.38. The minimum absolute atomic E-state index is 0.139. The first-order chi connectivity index (χ1) is 7.58. The average Bonchev–Trinajstić information content (AvgIpc) is 2.57. The topological polar surface area (TPSA) is 67.5 Å². The molecule has 0 bridgehead atoms. The number of aromatic carboxylic acids is 1. The van der Waals surface area contributed by atoms with E-state index in [4.69, 9.17) is 5.11 Å². The van der Waals surface area contributed by atoms with E-state index in [2.05, 4.69) is 23.9 Å². The van der Waals surface area contributed by atoms with Gasteiger partial charge in [0.25, 0.3) is 0 Å². The van der Waals surface area contributed by atoms with Gasteiger partial charge in [-0.25, -0.2) is 14.3 Å². The van der Waals surface area contributed by atoms with E-state index in [1.54, 1.807) is 0 Å². The number of nitrogens with zero attached hydrogens (tertiary/aromatic N) is 3. The molecule has 0 unspecified atom stereocenters. The summed E-state index contributed by atoms with van der Waals surface area (Å²) in [6.07, 6.45) is 2.31. The molecule has 0 spiro atoms. The van der Waals surface area contributed by atoms with Crippen molar-refractivity contribution in [3.05, 3.63) is 29.7 Å². The quantitative estimate of drug-likeness (QED) is 0.851. The van der Waals surface area contributed by atoms with Crippen LogP contribution in [0.3, 0.4) is 0 Å². The summed E-state index contributed by atoms with van der Waals surface area (Å²) in [6, 6.07) is 3.27. The van der Waals surface area contributed by atoms with E-state index in [0.717, 1.165) is 12.1 Å². The lowest BCUT2D eigenvalue weighted by Crippen LogP contribution is -2.07. The summed E-state index contributed by atoms with van der Waals surface area (Å²) in [6.45, 7) is 4.19. The Morgan fingerprint density at radius 2 is 2.31 bits per heavy atom. The largest absolute Gasteiger partial charge is 0.477 e. The van der Waals surface area contributed by atoms with Gasteiger partial charge in [-0.2, -0.15) is 5.10 Å². The summed E-state index contributed by atoms with van der Waals surface area (Å²) in [7, 11) is 0. The van der Waals surface area contributed by atoms with Crippen molar-refractivity contribution in [2.45, 2.75) is 20.3 Å². The zero-order chi connectivity index (χ0) is 11.7. The zero-order valence-electron chi connectivity index (χ0n) is 9.21. The molecule has 84 valence electrons. The molecule has 5 heteroatoms. The molecule has 0 aromatic carbocycles. The second kappa shape index (κ2) is 3.92. The van der Waals surface area contributed by atoms with Crippen molar-refractivity contribution in [1.29, 1.82) is 0 Å². The number of rotatable bonds is 3. The Hall–Kier alpha value is -1.91. The van der Waals surface area contributed by atoms with Crippen LogP contribution in [0.25, 0.3) is 5.65 Å².